The van der Waals surface area contributed by atoms with E-state index < -0.39 is 10.9 Å². The van der Waals surface area contributed by atoms with Gasteiger partial charge in [0.25, 0.3) is 11.6 Å². The van der Waals surface area contributed by atoms with E-state index in [1.54, 1.807) is 30.4 Å². The molecule has 9 heteroatoms. The number of rotatable bonds is 7. The number of nitro groups is 1. The molecule has 130 valence electrons. The maximum atomic E-state index is 12.3. The van der Waals surface area contributed by atoms with E-state index in [1.807, 2.05) is 0 Å². The Hall–Kier alpha value is -2.52. The van der Waals surface area contributed by atoms with E-state index in [9.17, 15) is 24.8 Å². The second kappa shape index (κ2) is 8.54. The third-order valence-electron chi connectivity index (χ3n) is 3.29. The largest absolute Gasteiger partial charge is 0.550 e. The fraction of sp³-hybridized carbons (Fsp3) is 0.188. The molecule has 7 nitrogen and oxygen atoms in total. The molecule has 0 unspecified atom stereocenters. The van der Waals surface area contributed by atoms with Crippen molar-refractivity contribution in [3.63, 3.8) is 0 Å². The number of carboxylic acid groups (broad SMARTS) is 1. The molecule has 1 aromatic rings. The van der Waals surface area contributed by atoms with Crippen LogP contribution in [0.1, 0.15) is 18.4 Å². The highest BCUT2D eigenvalue weighted by molar-refractivity contribution is 8.26. The predicted octanol–water partition coefficient (Wildman–Crippen LogP) is 1.88. The zero-order valence-electron chi connectivity index (χ0n) is 12.9. The van der Waals surface area contributed by atoms with Crippen LogP contribution in [-0.4, -0.2) is 32.6 Å². The van der Waals surface area contributed by atoms with Crippen LogP contribution in [0.25, 0.3) is 6.08 Å². The summed E-state index contributed by atoms with van der Waals surface area (Å²) >= 11 is 6.23. The predicted molar refractivity (Wildman–Crippen MR) is 96.4 cm³/mol. The minimum absolute atomic E-state index is 0.0259. The van der Waals surface area contributed by atoms with Gasteiger partial charge in [-0.3, -0.25) is 19.8 Å². The van der Waals surface area contributed by atoms with Crippen molar-refractivity contribution in [3.8, 4) is 0 Å². The average molecular weight is 377 g/mol. The number of thiocarbonyl (C=S) groups is 1. The number of allylic oxidation sites excluding steroid dienone is 2. The molecule has 1 saturated heterocycles. The van der Waals surface area contributed by atoms with Gasteiger partial charge in [0.2, 0.25) is 0 Å². The first kappa shape index (κ1) is 18.8. The van der Waals surface area contributed by atoms with Gasteiger partial charge in [-0.15, -0.1) is 0 Å². The monoisotopic (exact) mass is 377 g/mol. The summed E-state index contributed by atoms with van der Waals surface area (Å²) in [4.78, 5) is 34.9. The Morgan fingerprint density at radius 3 is 2.76 bits per heavy atom. The van der Waals surface area contributed by atoms with Crippen molar-refractivity contribution < 1.29 is 19.6 Å². The van der Waals surface area contributed by atoms with E-state index in [0.29, 0.717) is 14.8 Å². The maximum Gasteiger partial charge on any atom is 0.276 e. The number of hydrogen-bond acceptors (Lipinski definition) is 7. The Morgan fingerprint density at radius 1 is 1.36 bits per heavy atom. The van der Waals surface area contributed by atoms with Crippen LogP contribution in [0, 0.1) is 10.1 Å². The average Bonchev–Trinajstić information content (AvgIpc) is 2.82. The normalized spacial score (nSPS) is 16.2. The lowest BCUT2D eigenvalue weighted by Gasteiger charge is -2.14. The van der Waals surface area contributed by atoms with Crippen molar-refractivity contribution in [2.24, 2.45) is 0 Å². The molecular formula is C16H13N2O5S2-. The third kappa shape index (κ3) is 4.97. The van der Waals surface area contributed by atoms with Gasteiger partial charge in [0, 0.05) is 18.6 Å². The van der Waals surface area contributed by atoms with E-state index in [4.69, 9.17) is 12.2 Å². The zero-order chi connectivity index (χ0) is 18.4. The van der Waals surface area contributed by atoms with E-state index in [-0.39, 0.29) is 31.0 Å². The first-order chi connectivity index (χ1) is 11.9. The first-order valence-corrected chi connectivity index (χ1v) is 8.48. The Balaban J connectivity index is 2.07. The summed E-state index contributed by atoms with van der Waals surface area (Å²) in [6.07, 6.45) is 4.74. The molecular weight excluding hydrogens is 364 g/mol. The molecule has 0 saturated carbocycles. The van der Waals surface area contributed by atoms with E-state index >= 15 is 0 Å². The maximum absolute atomic E-state index is 12.3. The summed E-state index contributed by atoms with van der Waals surface area (Å²) in [6.45, 7) is 0.212. The van der Waals surface area contributed by atoms with Crippen LogP contribution in [0.3, 0.4) is 0 Å². The second-order valence-corrected chi connectivity index (χ2v) is 6.68. The van der Waals surface area contributed by atoms with Crippen molar-refractivity contribution in [1.82, 2.24) is 4.90 Å². The lowest BCUT2D eigenvalue weighted by molar-refractivity contribution is -0.385. The van der Waals surface area contributed by atoms with Crippen molar-refractivity contribution in [3.05, 3.63) is 57.0 Å². The third-order valence-corrected chi connectivity index (χ3v) is 4.69. The van der Waals surface area contributed by atoms with Crippen LogP contribution in [0.5, 0.6) is 0 Å². The van der Waals surface area contributed by atoms with Gasteiger partial charge >= 0.3 is 0 Å². The van der Waals surface area contributed by atoms with Gasteiger partial charge in [-0.2, -0.15) is 0 Å². The standard InChI is InChI=1S/C16H14N2O5S2/c19-14(20)9-4-10-17-15(21)13(25-16(17)24)8-3-6-11-5-1-2-7-12(11)18(22)23/h1-3,5-8H,4,9-10H2,(H,19,20)/p-1. The molecule has 0 bridgehead atoms. The number of carbonyl (C=O) groups excluding carboxylic acids is 2. The first-order valence-electron chi connectivity index (χ1n) is 7.25. The molecule has 0 radical (unpaired) electrons. The molecule has 1 fully saturated rings. The van der Waals surface area contributed by atoms with Crippen LogP contribution in [0.2, 0.25) is 0 Å². The second-order valence-electron chi connectivity index (χ2n) is 5.01. The molecule has 0 N–H and O–H groups in total. The van der Waals surface area contributed by atoms with Crippen molar-refractivity contribution in [2.75, 3.05) is 6.54 Å². The Labute approximate surface area is 153 Å². The fourth-order valence-corrected chi connectivity index (χ4v) is 3.38. The number of benzene rings is 1. The summed E-state index contributed by atoms with van der Waals surface area (Å²) in [7, 11) is 0. The van der Waals surface area contributed by atoms with Gasteiger partial charge in [-0.1, -0.05) is 42.2 Å². The van der Waals surface area contributed by atoms with Gasteiger partial charge in [-0.25, -0.2) is 0 Å². The number of nitrogens with zero attached hydrogens (tertiary/aromatic N) is 2. The Kier molecular flexibility index (Phi) is 6.43. The molecule has 25 heavy (non-hydrogen) atoms. The molecule has 1 aromatic carbocycles. The van der Waals surface area contributed by atoms with Crippen LogP contribution in [0.15, 0.2) is 41.3 Å². The molecule has 1 heterocycles. The number of carboxylic acids is 1. The van der Waals surface area contributed by atoms with Crippen molar-refractivity contribution >= 4 is 51.9 Å². The van der Waals surface area contributed by atoms with Crippen molar-refractivity contribution in [1.29, 1.82) is 0 Å². The topological polar surface area (TPSA) is 104 Å². The molecule has 1 amide bonds. The molecule has 2 rings (SSSR count). The lowest BCUT2D eigenvalue weighted by atomic mass is 10.1. The Morgan fingerprint density at radius 2 is 2.08 bits per heavy atom. The summed E-state index contributed by atoms with van der Waals surface area (Å²) in [5, 5.41) is 21.4. The van der Waals surface area contributed by atoms with Crippen molar-refractivity contribution in [2.45, 2.75) is 12.8 Å². The summed E-state index contributed by atoms with van der Waals surface area (Å²) in [5.74, 6) is -1.48. The number of aliphatic carboxylic acids is 1. The summed E-state index contributed by atoms with van der Waals surface area (Å²) < 4.78 is 0.355. The van der Waals surface area contributed by atoms with E-state index in [1.165, 1.54) is 17.0 Å². The molecule has 1 aliphatic rings. The number of thioether (sulfide) groups is 1. The number of carbonyl (C=O) groups is 2. The number of nitro benzene ring substituents is 1. The fourth-order valence-electron chi connectivity index (χ4n) is 2.12. The molecule has 0 atom stereocenters. The van der Waals surface area contributed by atoms with E-state index in [0.717, 1.165) is 11.8 Å². The summed E-state index contributed by atoms with van der Waals surface area (Å²) in [5.41, 5.74) is 0.398. The van der Waals surface area contributed by atoms with Crippen LogP contribution in [0.4, 0.5) is 5.69 Å². The molecule has 0 aromatic heterocycles. The van der Waals surface area contributed by atoms with Gasteiger partial charge in [0.05, 0.1) is 15.4 Å². The van der Waals surface area contributed by atoms with Crippen LogP contribution >= 0.6 is 24.0 Å². The molecule has 1 aliphatic heterocycles. The quantitative estimate of drug-likeness (QED) is 0.309. The number of amides is 1. The SMILES string of the molecule is O=C([O-])CCCN1C(=O)C(=CC=Cc2ccccc2[N+](=O)[O-])SC1=S. The zero-order valence-corrected chi connectivity index (χ0v) is 14.5. The van der Waals surface area contributed by atoms with Gasteiger partial charge in [0.15, 0.2) is 0 Å². The highest BCUT2D eigenvalue weighted by Gasteiger charge is 2.30. The van der Waals surface area contributed by atoms with Crippen LogP contribution in [-0.2, 0) is 9.59 Å². The van der Waals surface area contributed by atoms with Gasteiger partial charge in [0.1, 0.15) is 4.32 Å². The summed E-state index contributed by atoms with van der Waals surface area (Å²) in [6, 6.07) is 6.26. The van der Waals surface area contributed by atoms with Gasteiger partial charge in [-0.05, 0) is 31.1 Å². The molecule has 0 aliphatic carbocycles. The van der Waals surface area contributed by atoms with E-state index in [2.05, 4.69) is 0 Å². The minimum atomic E-state index is -1.17. The number of hydrogen-bond donors (Lipinski definition) is 0. The minimum Gasteiger partial charge on any atom is -0.550 e. The smallest absolute Gasteiger partial charge is 0.276 e. The highest BCUT2D eigenvalue weighted by atomic mass is 32.2. The highest BCUT2D eigenvalue weighted by Crippen LogP contribution is 2.31. The Bertz CT molecular complexity index is 788. The molecule has 0 spiro atoms. The van der Waals surface area contributed by atoms with Gasteiger partial charge < -0.3 is 9.90 Å². The lowest BCUT2D eigenvalue weighted by Crippen LogP contribution is -2.30. The van der Waals surface area contributed by atoms with Crippen LogP contribution < -0.4 is 5.11 Å². The number of para-hydroxylation sites is 1.